The second-order valence-corrected chi connectivity index (χ2v) is 3.12. The molecule has 0 saturated carbocycles. The van der Waals surface area contributed by atoms with Crippen LogP contribution in [-0.2, 0) is 6.42 Å². The lowest BCUT2D eigenvalue weighted by atomic mass is 10.2. The smallest absolute Gasteiger partial charge is 0.251 e. The van der Waals surface area contributed by atoms with E-state index in [1.165, 1.54) is 0 Å². The number of aromatic nitrogens is 3. The van der Waals surface area contributed by atoms with Gasteiger partial charge in [0.15, 0.2) is 0 Å². The van der Waals surface area contributed by atoms with Gasteiger partial charge in [0.2, 0.25) is 5.89 Å². The Labute approximate surface area is 92.5 Å². The molecule has 2 rings (SSSR count). The number of nitrogens with zero attached hydrogens (tertiary/aromatic N) is 3. The van der Waals surface area contributed by atoms with Gasteiger partial charge in [-0.15, -0.1) is 10.2 Å². The van der Waals surface area contributed by atoms with Gasteiger partial charge in [0.25, 0.3) is 5.89 Å². The molecule has 0 bridgehead atoms. The zero-order chi connectivity index (χ0) is 11.4. The van der Waals surface area contributed by atoms with E-state index >= 15 is 0 Å². The number of hydrogen-bond donors (Lipinski definition) is 1. The predicted octanol–water partition coefficient (Wildman–Crippen LogP) is 0.641. The molecule has 2 N–H and O–H groups in total. The minimum Gasteiger partial charge on any atom is -0.494 e. The molecule has 6 nitrogen and oxygen atoms in total. The lowest BCUT2D eigenvalue weighted by molar-refractivity contribution is 0.411. The number of hydrogen-bond acceptors (Lipinski definition) is 6. The third-order valence-electron chi connectivity index (χ3n) is 2.06. The molecule has 0 radical (unpaired) electrons. The van der Waals surface area contributed by atoms with Crippen molar-refractivity contribution in [3.63, 3.8) is 0 Å². The third kappa shape index (κ3) is 2.01. The van der Waals surface area contributed by atoms with Crippen molar-refractivity contribution >= 4 is 0 Å². The molecule has 0 aliphatic carbocycles. The summed E-state index contributed by atoms with van der Waals surface area (Å²) in [5.74, 6) is 1.55. The Morgan fingerprint density at radius 1 is 1.44 bits per heavy atom. The topological polar surface area (TPSA) is 87.1 Å². The fraction of sp³-hybridized carbons (Fsp3) is 0.300. The normalized spacial score (nSPS) is 10.4. The molecule has 0 amide bonds. The van der Waals surface area contributed by atoms with E-state index in [4.69, 9.17) is 14.9 Å². The van der Waals surface area contributed by atoms with Crippen LogP contribution in [0.15, 0.2) is 22.9 Å². The fourth-order valence-electron chi connectivity index (χ4n) is 1.31. The van der Waals surface area contributed by atoms with Crippen LogP contribution in [0, 0.1) is 0 Å². The summed E-state index contributed by atoms with van der Waals surface area (Å²) in [5, 5.41) is 7.82. The van der Waals surface area contributed by atoms with Gasteiger partial charge in [0, 0.05) is 19.2 Å². The van der Waals surface area contributed by atoms with Crippen LogP contribution in [0.1, 0.15) is 5.89 Å². The highest BCUT2D eigenvalue weighted by atomic mass is 16.5. The molecule has 0 aliphatic heterocycles. The van der Waals surface area contributed by atoms with Crippen LogP contribution in [0.2, 0.25) is 0 Å². The predicted molar refractivity (Wildman–Crippen MR) is 56.8 cm³/mol. The Bertz CT molecular complexity index is 469. The lowest BCUT2D eigenvalue weighted by Crippen LogP contribution is -2.02. The van der Waals surface area contributed by atoms with Gasteiger partial charge in [-0.3, -0.25) is 4.98 Å². The maximum atomic E-state index is 5.44. The molecule has 0 aliphatic rings. The van der Waals surface area contributed by atoms with Crippen LogP contribution in [0.4, 0.5) is 0 Å². The number of ether oxygens (including phenoxy) is 1. The second-order valence-electron chi connectivity index (χ2n) is 3.12. The molecule has 6 heteroatoms. The van der Waals surface area contributed by atoms with Crippen LogP contribution in [0.3, 0.4) is 0 Å². The molecule has 2 aromatic rings. The Morgan fingerprint density at radius 3 is 3.06 bits per heavy atom. The summed E-state index contributed by atoms with van der Waals surface area (Å²) in [5.41, 5.74) is 6.13. The molecule has 0 spiro atoms. The zero-order valence-electron chi connectivity index (χ0n) is 8.88. The summed E-state index contributed by atoms with van der Waals surface area (Å²) in [6.45, 7) is 0.481. The van der Waals surface area contributed by atoms with Crippen molar-refractivity contribution in [2.24, 2.45) is 5.73 Å². The van der Waals surface area contributed by atoms with E-state index in [1.54, 1.807) is 25.6 Å². The molecule has 0 saturated heterocycles. The molecular formula is C10H12N4O2. The molecule has 16 heavy (non-hydrogen) atoms. The first-order valence-corrected chi connectivity index (χ1v) is 4.86. The van der Waals surface area contributed by atoms with Crippen LogP contribution in [0.25, 0.3) is 11.5 Å². The average Bonchev–Trinajstić information content (AvgIpc) is 2.78. The van der Waals surface area contributed by atoms with Crippen molar-refractivity contribution < 1.29 is 9.15 Å². The number of methoxy groups -OCH3 is 1. The van der Waals surface area contributed by atoms with Gasteiger partial charge < -0.3 is 14.9 Å². The van der Waals surface area contributed by atoms with Crippen LogP contribution in [-0.4, -0.2) is 28.8 Å². The molecule has 2 aromatic heterocycles. The first-order chi connectivity index (χ1) is 7.85. The monoisotopic (exact) mass is 220 g/mol. The summed E-state index contributed by atoms with van der Waals surface area (Å²) < 4.78 is 10.6. The molecular weight excluding hydrogens is 208 g/mol. The van der Waals surface area contributed by atoms with E-state index in [0.29, 0.717) is 30.5 Å². The number of rotatable bonds is 4. The van der Waals surface area contributed by atoms with E-state index in [-0.39, 0.29) is 0 Å². The van der Waals surface area contributed by atoms with Gasteiger partial charge in [0.05, 0.1) is 18.9 Å². The Hall–Kier alpha value is -1.95. The van der Waals surface area contributed by atoms with Gasteiger partial charge in [-0.05, 0) is 6.07 Å². The minimum atomic E-state index is 0.419. The highest BCUT2D eigenvalue weighted by Crippen LogP contribution is 2.27. The molecule has 0 aromatic carbocycles. The Balaban J connectivity index is 2.34. The zero-order valence-corrected chi connectivity index (χ0v) is 8.88. The largest absolute Gasteiger partial charge is 0.494 e. The quantitative estimate of drug-likeness (QED) is 0.813. The number of pyridine rings is 1. The third-order valence-corrected chi connectivity index (χ3v) is 2.06. The van der Waals surface area contributed by atoms with Crippen molar-refractivity contribution in [2.45, 2.75) is 6.42 Å². The van der Waals surface area contributed by atoms with Gasteiger partial charge in [0.1, 0.15) is 5.75 Å². The van der Waals surface area contributed by atoms with Gasteiger partial charge in [-0.25, -0.2) is 0 Å². The first-order valence-electron chi connectivity index (χ1n) is 4.86. The van der Waals surface area contributed by atoms with Crippen LogP contribution in [0.5, 0.6) is 5.75 Å². The van der Waals surface area contributed by atoms with Gasteiger partial charge >= 0.3 is 0 Å². The lowest BCUT2D eigenvalue weighted by Gasteiger charge is -2.02. The standard InChI is InChI=1S/C10H12N4O2/c1-15-8-6-12-5-3-7(8)10-14-13-9(16-10)2-4-11/h3,5-6H,2,4,11H2,1H3. The van der Waals surface area contributed by atoms with Gasteiger partial charge in [-0.2, -0.15) is 0 Å². The van der Waals surface area contributed by atoms with Crippen molar-refractivity contribution in [3.8, 4) is 17.2 Å². The fourth-order valence-corrected chi connectivity index (χ4v) is 1.31. The van der Waals surface area contributed by atoms with Crippen LogP contribution < -0.4 is 10.5 Å². The Morgan fingerprint density at radius 2 is 2.31 bits per heavy atom. The summed E-state index contributed by atoms with van der Waals surface area (Å²) in [6.07, 6.45) is 3.81. The highest BCUT2D eigenvalue weighted by Gasteiger charge is 2.12. The van der Waals surface area contributed by atoms with Crippen molar-refractivity contribution in [1.29, 1.82) is 0 Å². The summed E-state index contributed by atoms with van der Waals surface area (Å²) in [6, 6.07) is 1.76. The summed E-state index contributed by atoms with van der Waals surface area (Å²) in [7, 11) is 1.57. The maximum Gasteiger partial charge on any atom is 0.251 e. The van der Waals surface area contributed by atoms with E-state index < -0.39 is 0 Å². The first kappa shape index (κ1) is 10.6. The molecule has 2 heterocycles. The van der Waals surface area contributed by atoms with Gasteiger partial charge in [-0.1, -0.05) is 0 Å². The maximum absolute atomic E-state index is 5.44. The molecule has 84 valence electrons. The van der Waals surface area contributed by atoms with Crippen molar-refractivity contribution in [1.82, 2.24) is 15.2 Å². The second kappa shape index (κ2) is 4.71. The SMILES string of the molecule is COc1cnccc1-c1nnc(CCN)o1. The molecule has 0 unspecified atom stereocenters. The van der Waals surface area contributed by atoms with Crippen LogP contribution >= 0.6 is 0 Å². The molecule has 0 fully saturated rings. The van der Waals surface area contributed by atoms with E-state index in [1.807, 2.05) is 0 Å². The number of nitrogens with two attached hydrogens (primary N) is 1. The van der Waals surface area contributed by atoms with E-state index in [9.17, 15) is 0 Å². The summed E-state index contributed by atoms with van der Waals surface area (Å²) in [4.78, 5) is 3.95. The highest BCUT2D eigenvalue weighted by molar-refractivity contribution is 5.60. The van der Waals surface area contributed by atoms with E-state index in [0.717, 1.165) is 5.56 Å². The molecule has 0 atom stereocenters. The summed E-state index contributed by atoms with van der Waals surface area (Å²) >= 11 is 0. The van der Waals surface area contributed by atoms with Crippen molar-refractivity contribution in [2.75, 3.05) is 13.7 Å². The Kier molecular flexibility index (Phi) is 3.11. The minimum absolute atomic E-state index is 0.419. The van der Waals surface area contributed by atoms with E-state index in [2.05, 4.69) is 15.2 Å². The average molecular weight is 220 g/mol. The van der Waals surface area contributed by atoms with Crippen molar-refractivity contribution in [3.05, 3.63) is 24.4 Å².